The molecule has 1 atom stereocenters. The van der Waals surface area contributed by atoms with Gasteiger partial charge in [-0.15, -0.1) is 0 Å². The topological polar surface area (TPSA) is 96.2 Å². The Hall–Kier alpha value is -3.47. The number of carboxylic acid groups (broad SMARTS) is 1. The summed E-state index contributed by atoms with van der Waals surface area (Å²) in [5.74, 6) is -2.88. The van der Waals surface area contributed by atoms with Crippen molar-refractivity contribution in [2.75, 3.05) is 19.6 Å². The fourth-order valence-corrected chi connectivity index (χ4v) is 4.29. The minimum Gasteiger partial charge on any atom is -0.475 e. The van der Waals surface area contributed by atoms with Crippen LogP contribution in [0.3, 0.4) is 0 Å². The number of hydrogen-bond acceptors (Lipinski definition) is 4. The van der Waals surface area contributed by atoms with Crippen LogP contribution in [0.2, 0.25) is 0 Å². The van der Waals surface area contributed by atoms with Crippen molar-refractivity contribution in [1.82, 2.24) is 20.4 Å². The predicted octanol–water partition coefficient (Wildman–Crippen LogP) is 3.55. The third kappa shape index (κ3) is 4.89. The van der Waals surface area contributed by atoms with E-state index in [9.17, 15) is 22.4 Å². The Morgan fingerprint density at radius 3 is 2.47 bits per heavy atom. The van der Waals surface area contributed by atoms with Crippen LogP contribution in [0.4, 0.5) is 17.6 Å². The Bertz CT molecular complexity index is 1220. The van der Waals surface area contributed by atoms with Gasteiger partial charge in [0.15, 0.2) is 0 Å². The Morgan fingerprint density at radius 2 is 1.85 bits per heavy atom. The molecular weight excluding hydrogens is 456 g/mol. The SMILES string of the molecule is O=C(O)C(F)(F)F.O=C1NCCc2c3c1cc(F)cc3nn2-c1ccc(C2CCCNC2)cc1. The summed E-state index contributed by atoms with van der Waals surface area (Å²) >= 11 is 0. The van der Waals surface area contributed by atoms with Crippen LogP contribution in [0.5, 0.6) is 0 Å². The van der Waals surface area contributed by atoms with E-state index in [-0.39, 0.29) is 5.91 Å². The van der Waals surface area contributed by atoms with E-state index in [1.165, 1.54) is 30.5 Å². The number of carbonyl (C=O) groups excluding carboxylic acids is 1. The Morgan fingerprint density at radius 1 is 1.15 bits per heavy atom. The van der Waals surface area contributed by atoms with Crippen LogP contribution in [0.25, 0.3) is 16.6 Å². The molecule has 2 aromatic carbocycles. The maximum absolute atomic E-state index is 14.0. The fraction of sp³-hybridized carbons (Fsp3) is 0.348. The number of amides is 1. The summed E-state index contributed by atoms with van der Waals surface area (Å²) in [6.45, 7) is 2.64. The van der Waals surface area contributed by atoms with E-state index in [4.69, 9.17) is 9.90 Å². The number of nitrogens with zero attached hydrogens (tertiary/aromatic N) is 2. The third-order valence-electron chi connectivity index (χ3n) is 5.87. The summed E-state index contributed by atoms with van der Waals surface area (Å²) in [6.07, 6.45) is -2.01. The first-order valence-corrected chi connectivity index (χ1v) is 10.8. The van der Waals surface area contributed by atoms with Gasteiger partial charge >= 0.3 is 12.1 Å². The third-order valence-corrected chi connectivity index (χ3v) is 5.87. The van der Waals surface area contributed by atoms with Gasteiger partial charge in [-0.25, -0.2) is 13.9 Å². The number of rotatable bonds is 2. The van der Waals surface area contributed by atoms with Crippen LogP contribution in [0, 0.1) is 5.82 Å². The van der Waals surface area contributed by atoms with Gasteiger partial charge in [0.2, 0.25) is 0 Å². The van der Waals surface area contributed by atoms with E-state index < -0.39 is 18.0 Å². The molecule has 1 amide bonds. The normalized spacial score (nSPS) is 18.0. The summed E-state index contributed by atoms with van der Waals surface area (Å²) < 4.78 is 47.6. The molecule has 0 saturated carbocycles. The molecule has 0 aliphatic carbocycles. The first-order valence-electron chi connectivity index (χ1n) is 10.8. The van der Waals surface area contributed by atoms with Crippen molar-refractivity contribution in [3.8, 4) is 5.69 Å². The van der Waals surface area contributed by atoms with Gasteiger partial charge in [-0.1, -0.05) is 12.1 Å². The molecule has 0 spiro atoms. The molecule has 2 aliphatic heterocycles. The van der Waals surface area contributed by atoms with Crippen LogP contribution < -0.4 is 10.6 Å². The number of aliphatic carboxylic acids is 1. The molecule has 3 N–H and O–H groups in total. The van der Waals surface area contributed by atoms with E-state index in [2.05, 4.69) is 40.0 Å². The highest BCUT2D eigenvalue weighted by atomic mass is 19.4. The van der Waals surface area contributed by atoms with Crippen LogP contribution in [0.15, 0.2) is 36.4 Å². The fourth-order valence-electron chi connectivity index (χ4n) is 4.29. The van der Waals surface area contributed by atoms with Gasteiger partial charge in [-0.2, -0.15) is 18.3 Å². The molecule has 1 unspecified atom stereocenters. The molecule has 3 aromatic rings. The van der Waals surface area contributed by atoms with Gasteiger partial charge in [0, 0.05) is 31.0 Å². The number of nitrogens with one attached hydrogen (secondary N) is 2. The van der Waals surface area contributed by atoms with Crippen molar-refractivity contribution >= 4 is 22.8 Å². The summed E-state index contributed by atoms with van der Waals surface area (Å²) in [4.78, 5) is 21.2. The monoisotopic (exact) mass is 478 g/mol. The van der Waals surface area contributed by atoms with E-state index in [1.807, 2.05) is 4.68 Å². The average Bonchev–Trinajstić information content (AvgIpc) is 3.08. The molecule has 3 heterocycles. The molecule has 1 fully saturated rings. The molecule has 1 aromatic heterocycles. The number of benzene rings is 2. The largest absolute Gasteiger partial charge is 0.490 e. The van der Waals surface area contributed by atoms with E-state index >= 15 is 0 Å². The lowest BCUT2D eigenvalue weighted by molar-refractivity contribution is -0.192. The molecule has 0 radical (unpaired) electrons. The summed E-state index contributed by atoms with van der Waals surface area (Å²) in [5, 5.41) is 18.8. The Balaban J connectivity index is 0.000000344. The van der Waals surface area contributed by atoms with Gasteiger partial charge in [0.25, 0.3) is 5.91 Å². The minimum absolute atomic E-state index is 0.238. The molecule has 11 heteroatoms. The second-order valence-corrected chi connectivity index (χ2v) is 8.15. The number of piperidine rings is 1. The average molecular weight is 478 g/mol. The van der Waals surface area contributed by atoms with E-state index in [0.29, 0.717) is 30.0 Å². The van der Waals surface area contributed by atoms with E-state index in [1.54, 1.807) is 0 Å². The highest BCUT2D eigenvalue weighted by molar-refractivity contribution is 6.08. The first kappa shape index (κ1) is 23.7. The van der Waals surface area contributed by atoms with Crippen molar-refractivity contribution in [3.63, 3.8) is 0 Å². The van der Waals surface area contributed by atoms with Gasteiger partial charge < -0.3 is 15.7 Å². The standard InChI is InChI=1S/C21H21FN4O.C2HF3O2/c22-15-10-17-20-18(11-15)25-26(19(20)7-9-24-21(17)27)16-5-3-13(4-6-16)14-2-1-8-23-12-14;3-2(4,5)1(6)7/h3-6,10-11,14,23H,1-2,7-9,12H2,(H,24,27);(H,6,7). The summed E-state index contributed by atoms with van der Waals surface area (Å²) in [6, 6.07) is 11.2. The molecule has 5 rings (SSSR count). The summed E-state index contributed by atoms with van der Waals surface area (Å²) in [7, 11) is 0. The predicted molar refractivity (Wildman–Crippen MR) is 116 cm³/mol. The van der Waals surface area contributed by atoms with Crippen LogP contribution in [0.1, 0.15) is 40.4 Å². The lowest BCUT2D eigenvalue weighted by Gasteiger charge is -2.23. The van der Waals surface area contributed by atoms with Crippen LogP contribution in [-0.4, -0.2) is 52.6 Å². The number of alkyl halides is 3. The van der Waals surface area contributed by atoms with Gasteiger partial charge in [-0.3, -0.25) is 4.79 Å². The lowest BCUT2D eigenvalue weighted by atomic mass is 9.91. The Kier molecular flexibility index (Phi) is 6.56. The van der Waals surface area contributed by atoms with Crippen LogP contribution >= 0.6 is 0 Å². The molecule has 2 aliphatic rings. The van der Waals surface area contributed by atoms with Crippen molar-refractivity contribution in [3.05, 3.63) is 59.0 Å². The highest BCUT2D eigenvalue weighted by Gasteiger charge is 2.38. The maximum atomic E-state index is 14.0. The molecule has 0 bridgehead atoms. The zero-order valence-corrected chi connectivity index (χ0v) is 18.0. The van der Waals surface area contributed by atoms with Crippen molar-refractivity contribution in [2.24, 2.45) is 0 Å². The molecular formula is C23H22F4N4O3. The minimum atomic E-state index is -5.08. The van der Waals surface area contributed by atoms with Crippen molar-refractivity contribution in [1.29, 1.82) is 0 Å². The number of carbonyl (C=O) groups is 2. The van der Waals surface area contributed by atoms with Crippen molar-refractivity contribution in [2.45, 2.75) is 31.4 Å². The first-order chi connectivity index (χ1) is 16.1. The zero-order valence-electron chi connectivity index (χ0n) is 18.0. The smallest absolute Gasteiger partial charge is 0.475 e. The molecule has 7 nitrogen and oxygen atoms in total. The lowest BCUT2D eigenvalue weighted by Crippen LogP contribution is -2.28. The maximum Gasteiger partial charge on any atom is 0.490 e. The quantitative estimate of drug-likeness (QED) is 0.490. The molecule has 180 valence electrons. The van der Waals surface area contributed by atoms with Gasteiger partial charge in [-0.05, 0) is 49.1 Å². The Labute approximate surface area is 191 Å². The van der Waals surface area contributed by atoms with Crippen LogP contribution in [-0.2, 0) is 11.2 Å². The second-order valence-electron chi connectivity index (χ2n) is 8.15. The number of aromatic nitrogens is 2. The highest BCUT2D eigenvalue weighted by Crippen LogP contribution is 2.30. The number of halogens is 4. The summed E-state index contributed by atoms with van der Waals surface area (Å²) in [5.41, 5.74) is 4.11. The van der Waals surface area contributed by atoms with Gasteiger partial charge in [0.1, 0.15) is 5.82 Å². The van der Waals surface area contributed by atoms with Gasteiger partial charge in [0.05, 0.1) is 22.5 Å². The van der Waals surface area contributed by atoms with E-state index in [0.717, 1.165) is 29.9 Å². The number of hydrogen-bond donors (Lipinski definition) is 3. The number of carboxylic acids is 1. The molecule has 1 saturated heterocycles. The molecule has 34 heavy (non-hydrogen) atoms. The van der Waals surface area contributed by atoms with Crippen molar-refractivity contribution < 1.29 is 32.3 Å². The zero-order chi connectivity index (χ0) is 24.5. The second kappa shape index (κ2) is 9.41.